The molecule has 0 spiro atoms. The lowest BCUT2D eigenvalue weighted by molar-refractivity contribution is -0.119. The zero-order valence-electron chi connectivity index (χ0n) is 16.8. The van der Waals surface area contributed by atoms with E-state index >= 15 is 0 Å². The van der Waals surface area contributed by atoms with Crippen molar-refractivity contribution in [3.8, 4) is 17.1 Å². The number of hydrogen-bond donors (Lipinski definition) is 2. The summed E-state index contributed by atoms with van der Waals surface area (Å²) in [6.07, 6.45) is 0. The second-order valence-electron chi connectivity index (χ2n) is 6.88. The molecule has 7 heteroatoms. The number of benzene rings is 3. The fourth-order valence-corrected chi connectivity index (χ4v) is 3.77. The van der Waals surface area contributed by atoms with Crippen molar-refractivity contribution in [2.24, 2.45) is 0 Å². The van der Waals surface area contributed by atoms with Crippen LogP contribution < -0.4 is 10.1 Å². The Morgan fingerprint density at radius 3 is 2.63 bits per heavy atom. The fraction of sp³-hybridized carbons (Fsp3) is 0.174. The van der Waals surface area contributed by atoms with Gasteiger partial charge in [-0.25, -0.2) is 4.98 Å². The van der Waals surface area contributed by atoms with E-state index in [0.717, 1.165) is 22.3 Å². The lowest BCUT2D eigenvalue weighted by atomic mass is 10.0. The van der Waals surface area contributed by atoms with Crippen molar-refractivity contribution in [2.45, 2.75) is 18.1 Å². The lowest BCUT2D eigenvalue weighted by Crippen LogP contribution is -2.28. The number of aromatic nitrogens is 3. The number of rotatable bonds is 7. The number of fused-ring (bicyclic) bond motifs is 1. The molecule has 0 radical (unpaired) electrons. The first-order valence-corrected chi connectivity index (χ1v) is 10.6. The second-order valence-corrected chi connectivity index (χ2v) is 7.82. The first kappa shape index (κ1) is 20.0. The summed E-state index contributed by atoms with van der Waals surface area (Å²) in [5, 5.41) is 13.0. The van der Waals surface area contributed by atoms with Crippen LogP contribution in [-0.2, 0) is 4.79 Å². The molecule has 6 nitrogen and oxygen atoms in total. The molecule has 0 aliphatic rings. The number of methoxy groups -OCH3 is 1. The van der Waals surface area contributed by atoms with Crippen LogP contribution in [0.3, 0.4) is 0 Å². The minimum atomic E-state index is -0.0790. The van der Waals surface area contributed by atoms with Gasteiger partial charge >= 0.3 is 0 Å². The normalized spacial score (nSPS) is 11.9. The summed E-state index contributed by atoms with van der Waals surface area (Å²) in [5.41, 5.74) is 1.98. The number of carbonyl (C=O) groups is 1. The van der Waals surface area contributed by atoms with E-state index < -0.39 is 0 Å². The molecule has 2 N–H and O–H groups in total. The van der Waals surface area contributed by atoms with Gasteiger partial charge in [0.25, 0.3) is 0 Å². The van der Waals surface area contributed by atoms with Gasteiger partial charge in [0, 0.05) is 5.56 Å². The molecule has 0 saturated heterocycles. The van der Waals surface area contributed by atoms with E-state index in [2.05, 4.69) is 50.8 Å². The fourth-order valence-electron chi connectivity index (χ4n) is 3.16. The van der Waals surface area contributed by atoms with Gasteiger partial charge in [0.05, 0.1) is 18.9 Å². The van der Waals surface area contributed by atoms with Gasteiger partial charge in [-0.1, -0.05) is 48.2 Å². The van der Waals surface area contributed by atoms with Crippen LogP contribution in [0.1, 0.15) is 18.5 Å². The summed E-state index contributed by atoms with van der Waals surface area (Å²) in [4.78, 5) is 16.9. The highest BCUT2D eigenvalue weighted by Gasteiger charge is 2.13. The second kappa shape index (κ2) is 9.00. The molecule has 1 atom stereocenters. The van der Waals surface area contributed by atoms with Crippen molar-refractivity contribution >= 4 is 28.4 Å². The highest BCUT2D eigenvalue weighted by Crippen LogP contribution is 2.23. The van der Waals surface area contributed by atoms with Crippen LogP contribution in [0.25, 0.3) is 22.2 Å². The molecule has 0 saturated carbocycles. The maximum Gasteiger partial charge on any atom is 0.230 e. The number of aromatic amines is 1. The number of ether oxygens (including phenoxy) is 1. The zero-order valence-corrected chi connectivity index (χ0v) is 17.6. The summed E-state index contributed by atoms with van der Waals surface area (Å²) >= 11 is 1.30. The van der Waals surface area contributed by atoms with Gasteiger partial charge in [0.2, 0.25) is 11.1 Å². The highest BCUT2D eigenvalue weighted by atomic mass is 32.2. The van der Waals surface area contributed by atoms with Crippen LogP contribution in [0.5, 0.6) is 5.75 Å². The minimum absolute atomic E-state index is 0.0588. The number of nitrogens with zero attached hydrogens (tertiary/aromatic N) is 2. The first-order chi connectivity index (χ1) is 14.6. The number of H-pyrrole nitrogens is 1. The Balaban J connectivity index is 1.33. The molecule has 1 unspecified atom stereocenters. The SMILES string of the molecule is COc1ccc(-c2nc(SCC(=O)NC(C)c3ccc4ccccc4c3)n[nH]2)cc1. The maximum atomic E-state index is 12.4. The molecule has 4 aromatic rings. The van der Waals surface area contributed by atoms with Crippen molar-refractivity contribution in [2.75, 3.05) is 12.9 Å². The van der Waals surface area contributed by atoms with Crippen LogP contribution >= 0.6 is 11.8 Å². The molecule has 0 fully saturated rings. The molecule has 1 heterocycles. The summed E-state index contributed by atoms with van der Waals surface area (Å²) in [6.45, 7) is 1.99. The topological polar surface area (TPSA) is 79.9 Å². The van der Waals surface area contributed by atoms with E-state index in [4.69, 9.17) is 4.74 Å². The monoisotopic (exact) mass is 418 g/mol. The summed E-state index contributed by atoms with van der Waals surface area (Å²) in [5.74, 6) is 1.63. The largest absolute Gasteiger partial charge is 0.497 e. The van der Waals surface area contributed by atoms with E-state index in [0.29, 0.717) is 11.0 Å². The molecule has 4 rings (SSSR count). The molecule has 0 bridgehead atoms. The number of hydrogen-bond acceptors (Lipinski definition) is 5. The van der Waals surface area contributed by atoms with Gasteiger partial charge in [0.1, 0.15) is 5.75 Å². The summed E-state index contributed by atoms with van der Waals surface area (Å²) in [6, 6.07) is 21.9. The van der Waals surface area contributed by atoms with Gasteiger partial charge < -0.3 is 10.1 Å². The molecule has 30 heavy (non-hydrogen) atoms. The van der Waals surface area contributed by atoms with E-state index in [1.807, 2.05) is 43.3 Å². The van der Waals surface area contributed by atoms with Crippen molar-refractivity contribution in [1.29, 1.82) is 0 Å². The maximum absolute atomic E-state index is 12.4. The van der Waals surface area contributed by atoms with Gasteiger partial charge in [0.15, 0.2) is 5.82 Å². The third-order valence-electron chi connectivity index (χ3n) is 4.81. The lowest BCUT2D eigenvalue weighted by Gasteiger charge is -2.14. The van der Waals surface area contributed by atoms with Crippen molar-refractivity contribution < 1.29 is 9.53 Å². The molecule has 1 amide bonds. The van der Waals surface area contributed by atoms with E-state index in [9.17, 15) is 4.79 Å². The highest BCUT2D eigenvalue weighted by molar-refractivity contribution is 7.99. The first-order valence-electron chi connectivity index (χ1n) is 9.60. The molecular formula is C23H22N4O2S. The Labute approximate surface area is 179 Å². The molecule has 152 valence electrons. The number of carbonyl (C=O) groups excluding carboxylic acids is 1. The minimum Gasteiger partial charge on any atom is -0.497 e. The van der Waals surface area contributed by atoms with Gasteiger partial charge in [-0.05, 0) is 53.6 Å². The zero-order chi connectivity index (χ0) is 20.9. The standard InChI is InChI=1S/C23H22N4O2S/c1-15(18-8-7-16-5-3-4-6-19(16)13-18)24-21(28)14-30-23-25-22(26-27-23)17-9-11-20(29-2)12-10-17/h3-13,15H,14H2,1-2H3,(H,24,28)(H,25,26,27). The van der Waals surface area contributed by atoms with Gasteiger partial charge in [-0.15, -0.1) is 5.10 Å². The number of nitrogens with one attached hydrogen (secondary N) is 2. The summed E-state index contributed by atoms with van der Waals surface area (Å²) < 4.78 is 5.16. The Kier molecular flexibility index (Phi) is 5.99. The number of thioether (sulfide) groups is 1. The molecule has 0 aliphatic heterocycles. The third-order valence-corrected chi connectivity index (χ3v) is 5.66. The smallest absolute Gasteiger partial charge is 0.230 e. The van der Waals surface area contributed by atoms with Crippen molar-refractivity contribution in [3.05, 3.63) is 72.3 Å². The van der Waals surface area contributed by atoms with Crippen LogP contribution in [-0.4, -0.2) is 34.0 Å². The van der Waals surface area contributed by atoms with Crippen LogP contribution in [0.2, 0.25) is 0 Å². The van der Waals surface area contributed by atoms with Gasteiger partial charge in [-0.2, -0.15) is 0 Å². The van der Waals surface area contributed by atoms with E-state index in [1.165, 1.54) is 17.1 Å². The Morgan fingerprint density at radius 1 is 1.10 bits per heavy atom. The van der Waals surface area contributed by atoms with Crippen LogP contribution in [0.15, 0.2) is 71.9 Å². The molecular weight excluding hydrogens is 396 g/mol. The number of amides is 1. The summed E-state index contributed by atoms with van der Waals surface area (Å²) in [7, 11) is 1.63. The van der Waals surface area contributed by atoms with Gasteiger partial charge in [-0.3, -0.25) is 9.89 Å². The molecule has 0 aliphatic carbocycles. The van der Waals surface area contributed by atoms with Crippen LogP contribution in [0, 0.1) is 0 Å². The Bertz CT molecular complexity index is 1160. The van der Waals surface area contributed by atoms with E-state index in [-0.39, 0.29) is 17.7 Å². The average molecular weight is 419 g/mol. The predicted molar refractivity (Wildman–Crippen MR) is 120 cm³/mol. The third kappa shape index (κ3) is 4.63. The van der Waals surface area contributed by atoms with Crippen molar-refractivity contribution in [1.82, 2.24) is 20.5 Å². The quantitative estimate of drug-likeness (QED) is 0.429. The van der Waals surface area contributed by atoms with E-state index in [1.54, 1.807) is 7.11 Å². The molecule has 1 aromatic heterocycles. The Hall–Kier alpha value is -3.32. The molecule has 3 aromatic carbocycles. The van der Waals surface area contributed by atoms with Crippen molar-refractivity contribution in [3.63, 3.8) is 0 Å². The van der Waals surface area contributed by atoms with Crippen LogP contribution in [0.4, 0.5) is 0 Å². The Morgan fingerprint density at radius 2 is 1.87 bits per heavy atom. The predicted octanol–water partition coefficient (Wildman–Crippen LogP) is 4.60. The average Bonchev–Trinajstić information content (AvgIpc) is 3.26.